The van der Waals surface area contributed by atoms with E-state index >= 15 is 0 Å². The Kier molecular flexibility index (Phi) is 9.37. The third-order valence-electron chi connectivity index (χ3n) is 5.67. The second-order valence-corrected chi connectivity index (χ2v) is 8.44. The predicted molar refractivity (Wildman–Crippen MR) is 132 cm³/mol. The summed E-state index contributed by atoms with van der Waals surface area (Å²) < 4.78 is 5.10. The SMILES string of the molecule is CCCOC(=O)CC1C(=O)NCCN1CC(=O)Nc1cccc(C(=O)NC(C)c2ccccc2)c1. The van der Waals surface area contributed by atoms with Crippen molar-refractivity contribution in [3.05, 3.63) is 65.7 Å². The summed E-state index contributed by atoms with van der Waals surface area (Å²) in [6, 6.07) is 15.4. The van der Waals surface area contributed by atoms with Gasteiger partial charge in [0.1, 0.15) is 6.04 Å². The molecule has 0 aliphatic carbocycles. The van der Waals surface area contributed by atoms with Gasteiger partial charge < -0.3 is 20.7 Å². The highest BCUT2D eigenvalue weighted by Crippen LogP contribution is 2.16. The summed E-state index contributed by atoms with van der Waals surface area (Å²) in [5.41, 5.74) is 1.87. The van der Waals surface area contributed by atoms with Gasteiger partial charge in [0, 0.05) is 24.3 Å². The van der Waals surface area contributed by atoms with Gasteiger partial charge in [-0.25, -0.2) is 0 Å². The molecule has 1 aliphatic rings. The van der Waals surface area contributed by atoms with Crippen molar-refractivity contribution in [2.75, 3.05) is 31.6 Å². The highest BCUT2D eigenvalue weighted by atomic mass is 16.5. The minimum atomic E-state index is -0.768. The molecule has 2 aromatic rings. The number of ether oxygens (including phenoxy) is 1. The topological polar surface area (TPSA) is 117 Å². The van der Waals surface area contributed by atoms with Crippen molar-refractivity contribution >= 4 is 29.4 Å². The van der Waals surface area contributed by atoms with Crippen LogP contribution in [-0.2, 0) is 19.1 Å². The van der Waals surface area contributed by atoms with Crippen LogP contribution in [0.4, 0.5) is 5.69 Å². The molecule has 2 atom stereocenters. The van der Waals surface area contributed by atoms with Crippen LogP contribution in [0.3, 0.4) is 0 Å². The minimum absolute atomic E-state index is 0.0688. The van der Waals surface area contributed by atoms with Gasteiger partial charge in [0.2, 0.25) is 11.8 Å². The molecule has 35 heavy (non-hydrogen) atoms. The van der Waals surface area contributed by atoms with E-state index in [1.54, 1.807) is 29.2 Å². The van der Waals surface area contributed by atoms with Crippen LogP contribution >= 0.6 is 0 Å². The van der Waals surface area contributed by atoms with Gasteiger partial charge in [-0.2, -0.15) is 0 Å². The predicted octanol–water partition coefficient (Wildman–Crippen LogP) is 2.26. The monoisotopic (exact) mass is 480 g/mol. The van der Waals surface area contributed by atoms with E-state index in [9.17, 15) is 19.2 Å². The highest BCUT2D eigenvalue weighted by Gasteiger charge is 2.33. The number of hydrogen-bond acceptors (Lipinski definition) is 6. The molecule has 2 unspecified atom stereocenters. The summed E-state index contributed by atoms with van der Waals surface area (Å²) in [6.45, 7) is 4.84. The molecule has 3 rings (SSSR count). The van der Waals surface area contributed by atoms with Crippen molar-refractivity contribution in [1.29, 1.82) is 0 Å². The molecule has 1 aliphatic heterocycles. The third-order valence-corrected chi connectivity index (χ3v) is 5.67. The Bertz CT molecular complexity index is 1040. The van der Waals surface area contributed by atoms with E-state index in [1.807, 2.05) is 44.2 Å². The molecular formula is C26H32N4O5. The number of piperazine rings is 1. The number of benzene rings is 2. The fourth-order valence-electron chi connectivity index (χ4n) is 3.83. The van der Waals surface area contributed by atoms with Gasteiger partial charge in [-0.3, -0.25) is 24.1 Å². The van der Waals surface area contributed by atoms with E-state index in [0.29, 0.717) is 37.4 Å². The van der Waals surface area contributed by atoms with Crippen molar-refractivity contribution in [3.63, 3.8) is 0 Å². The maximum Gasteiger partial charge on any atom is 0.307 e. The number of esters is 1. The Morgan fingerprint density at radius 3 is 2.66 bits per heavy atom. The number of anilines is 1. The molecule has 2 aromatic carbocycles. The lowest BCUT2D eigenvalue weighted by Gasteiger charge is -2.33. The van der Waals surface area contributed by atoms with Crippen LogP contribution in [0.5, 0.6) is 0 Å². The largest absolute Gasteiger partial charge is 0.466 e. The van der Waals surface area contributed by atoms with E-state index in [0.717, 1.165) is 5.56 Å². The lowest BCUT2D eigenvalue weighted by molar-refractivity contribution is -0.148. The lowest BCUT2D eigenvalue weighted by Crippen LogP contribution is -2.57. The van der Waals surface area contributed by atoms with E-state index < -0.39 is 12.0 Å². The van der Waals surface area contributed by atoms with Gasteiger partial charge in [-0.05, 0) is 37.1 Å². The van der Waals surface area contributed by atoms with Crippen molar-refractivity contribution in [3.8, 4) is 0 Å². The van der Waals surface area contributed by atoms with Crippen molar-refractivity contribution in [1.82, 2.24) is 15.5 Å². The van der Waals surface area contributed by atoms with Crippen LogP contribution in [0.25, 0.3) is 0 Å². The van der Waals surface area contributed by atoms with Gasteiger partial charge in [0.25, 0.3) is 5.91 Å². The zero-order valence-corrected chi connectivity index (χ0v) is 20.1. The normalized spacial score (nSPS) is 16.6. The zero-order chi connectivity index (χ0) is 25.2. The summed E-state index contributed by atoms with van der Waals surface area (Å²) >= 11 is 0. The zero-order valence-electron chi connectivity index (χ0n) is 20.1. The first-order valence-electron chi connectivity index (χ1n) is 11.8. The number of carbonyl (C=O) groups is 4. The van der Waals surface area contributed by atoms with Gasteiger partial charge >= 0.3 is 5.97 Å². The summed E-state index contributed by atoms with van der Waals surface area (Å²) in [5, 5.41) is 8.47. The van der Waals surface area contributed by atoms with Crippen molar-refractivity contribution in [2.45, 2.75) is 38.8 Å². The van der Waals surface area contributed by atoms with Gasteiger partial charge in [-0.15, -0.1) is 0 Å². The van der Waals surface area contributed by atoms with E-state index in [1.165, 1.54) is 0 Å². The average molecular weight is 481 g/mol. The Balaban J connectivity index is 1.59. The van der Waals surface area contributed by atoms with Crippen LogP contribution in [-0.4, -0.2) is 60.9 Å². The highest BCUT2D eigenvalue weighted by molar-refractivity contribution is 5.98. The molecule has 1 saturated heterocycles. The van der Waals surface area contributed by atoms with Crippen LogP contribution in [0.2, 0.25) is 0 Å². The van der Waals surface area contributed by atoms with Crippen molar-refractivity contribution < 1.29 is 23.9 Å². The molecule has 0 spiro atoms. The second-order valence-electron chi connectivity index (χ2n) is 8.44. The first-order valence-corrected chi connectivity index (χ1v) is 11.8. The molecule has 9 nitrogen and oxygen atoms in total. The number of nitrogens with zero attached hydrogens (tertiary/aromatic N) is 1. The van der Waals surface area contributed by atoms with Crippen LogP contribution in [0.15, 0.2) is 54.6 Å². The molecule has 0 bridgehead atoms. The third kappa shape index (κ3) is 7.65. The molecule has 1 heterocycles. The van der Waals surface area contributed by atoms with Crippen LogP contribution < -0.4 is 16.0 Å². The average Bonchev–Trinajstić information content (AvgIpc) is 2.85. The Labute approximate surface area is 205 Å². The summed E-state index contributed by atoms with van der Waals surface area (Å²) in [5.74, 6) is -1.37. The molecule has 3 N–H and O–H groups in total. The number of amides is 3. The number of rotatable bonds is 10. The summed E-state index contributed by atoms with van der Waals surface area (Å²) in [6.07, 6.45) is 0.575. The first kappa shape index (κ1) is 25.9. The summed E-state index contributed by atoms with van der Waals surface area (Å²) in [7, 11) is 0. The number of hydrogen-bond donors (Lipinski definition) is 3. The Hall–Kier alpha value is -3.72. The number of nitrogens with one attached hydrogen (secondary N) is 3. The maximum absolute atomic E-state index is 12.7. The fourth-order valence-corrected chi connectivity index (χ4v) is 3.83. The summed E-state index contributed by atoms with van der Waals surface area (Å²) in [4.78, 5) is 51.5. The Morgan fingerprint density at radius 1 is 1.14 bits per heavy atom. The van der Waals surface area contributed by atoms with Gasteiger partial charge in [0.05, 0.1) is 25.6 Å². The lowest BCUT2D eigenvalue weighted by atomic mass is 10.1. The standard InChI is InChI=1S/C26H32N4O5/c1-3-14-35-24(32)16-22-26(34)27-12-13-30(22)17-23(31)29-21-11-7-10-20(15-21)25(33)28-18(2)19-8-5-4-6-9-19/h4-11,15,18,22H,3,12-14,16-17H2,1-2H3,(H,27,34)(H,28,33)(H,29,31). The molecule has 186 valence electrons. The van der Waals surface area contributed by atoms with E-state index in [-0.39, 0.29) is 36.7 Å². The van der Waals surface area contributed by atoms with Crippen molar-refractivity contribution in [2.24, 2.45) is 0 Å². The van der Waals surface area contributed by atoms with Gasteiger partial charge in [0.15, 0.2) is 0 Å². The Morgan fingerprint density at radius 2 is 1.91 bits per heavy atom. The van der Waals surface area contributed by atoms with E-state index in [4.69, 9.17) is 4.74 Å². The van der Waals surface area contributed by atoms with Crippen LogP contribution in [0, 0.1) is 0 Å². The van der Waals surface area contributed by atoms with Gasteiger partial charge in [-0.1, -0.05) is 43.3 Å². The molecule has 3 amide bonds. The molecular weight excluding hydrogens is 448 g/mol. The molecule has 0 saturated carbocycles. The number of carbonyl (C=O) groups excluding carboxylic acids is 4. The molecule has 1 fully saturated rings. The van der Waals surface area contributed by atoms with E-state index in [2.05, 4.69) is 16.0 Å². The molecule has 0 aromatic heterocycles. The molecule has 0 radical (unpaired) electrons. The quantitative estimate of drug-likeness (QED) is 0.449. The molecule has 9 heteroatoms. The smallest absolute Gasteiger partial charge is 0.307 e. The second kappa shape index (κ2) is 12.7. The minimum Gasteiger partial charge on any atom is -0.466 e. The van der Waals surface area contributed by atoms with Crippen LogP contribution in [0.1, 0.15) is 48.7 Å². The maximum atomic E-state index is 12.7. The first-order chi connectivity index (χ1) is 16.9. The fraction of sp³-hybridized carbons (Fsp3) is 0.385.